The molecule has 0 saturated heterocycles. The predicted molar refractivity (Wildman–Crippen MR) is 119 cm³/mol. The zero-order valence-corrected chi connectivity index (χ0v) is 17.8. The zero-order chi connectivity index (χ0) is 22.2. The Morgan fingerprint density at radius 3 is 2.29 bits per heavy atom. The minimum Gasteiger partial charge on any atom is -0.486 e. The first-order valence-corrected chi connectivity index (χ1v) is 10.0. The van der Waals surface area contributed by atoms with E-state index in [9.17, 15) is 14.4 Å². The number of rotatable bonds is 7. The van der Waals surface area contributed by atoms with Gasteiger partial charge in [-0.1, -0.05) is 65.7 Å². The summed E-state index contributed by atoms with van der Waals surface area (Å²) in [5.74, 6) is -0.580. The minimum absolute atomic E-state index is 0.0805. The molecule has 3 rings (SSSR count). The Morgan fingerprint density at radius 2 is 1.68 bits per heavy atom. The summed E-state index contributed by atoms with van der Waals surface area (Å²) in [5.41, 5.74) is 2.07. The summed E-state index contributed by atoms with van der Waals surface area (Å²) in [4.78, 5) is 12.4. The number of amides is 1. The lowest BCUT2D eigenvalue weighted by molar-refractivity contribution is -0.117. The summed E-state index contributed by atoms with van der Waals surface area (Å²) >= 11 is 12.6. The number of nitrogens with one attached hydrogen (secondary N) is 1. The molecule has 7 heteroatoms. The highest BCUT2D eigenvalue weighted by atomic mass is 35.5. The maximum atomic E-state index is 13.0. The molecular formula is C24H17Cl2FN2O2. The van der Waals surface area contributed by atoms with E-state index in [2.05, 4.69) is 5.32 Å². The first-order chi connectivity index (χ1) is 15.0. The second-order valence-corrected chi connectivity index (χ2v) is 7.38. The molecule has 0 aromatic heterocycles. The van der Waals surface area contributed by atoms with Gasteiger partial charge in [0.2, 0.25) is 0 Å². The molecule has 0 aliphatic carbocycles. The third-order valence-electron chi connectivity index (χ3n) is 4.29. The molecule has 0 radical (unpaired) electrons. The number of nitrogens with zero attached hydrogens (tertiary/aromatic N) is 1. The van der Waals surface area contributed by atoms with Crippen LogP contribution in [0.3, 0.4) is 0 Å². The lowest BCUT2D eigenvalue weighted by atomic mass is 10.1. The number of benzene rings is 3. The lowest BCUT2D eigenvalue weighted by Gasteiger charge is -2.11. The van der Waals surface area contributed by atoms with Gasteiger partial charge < -0.3 is 10.1 Å². The molecule has 3 aromatic rings. The van der Waals surface area contributed by atoms with Gasteiger partial charge >= 0.3 is 0 Å². The summed E-state index contributed by atoms with van der Waals surface area (Å²) in [6.45, 7) is 0.455. The van der Waals surface area contributed by atoms with E-state index in [4.69, 9.17) is 27.9 Å². The summed E-state index contributed by atoms with van der Waals surface area (Å²) in [6, 6.07) is 20.2. The van der Waals surface area contributed by atoms with Gasteiger partial charge in [-0.2, -0.15) is 5.26 Å². The normalized spacial score (nSPS) is 11.0. The van der Waals surface area contributed by atoms with Crippen molar-refractivity contribution in [2.75, 3.05) is 0 Å². The lowest BCUT2D eigenvalue weighted by Crippen LogP contribution is -2.23. The third-order valence-corrected chi connectivity index (χ3v) is 4.85. The van der Waals surface area contributed by atoms with Crippen LogP contribution >= 0.6 is 23.2 Å². The Morgan fingerprint density at radius 1 is 1.03 bits per heavy atom. The van der Waals surface area contributed by atoms with Crippen molar-refractivity contribution in [1.29, 1.82) is 5.26 Å². The Balaban J connectivity index is 1.71. The zero-order valence-electron chi connectivity index (χ0n) is 16.2. The van der Waals surface area contributed by atoms with E-state index in [1.807, 2.05) is 36.4 Å². The van der Waals surface area contributed by atoms with Crippen molar-refractivity contribution in [3.8, 4) is 11.8 Å². The topological polar surface area (TPSA) is 62.1 Å². The van der Waals surface area contributed by atoms with Gasteiger partial charge in [-0.15, -0.1) is 0 Å². The molecule has 0 heterocycles. The summed E-state index contributed by atoms with van der Waals surface area (Å²) in [5, 5.41) is 12.5. The maximum absolute atomic E-state index is 13.0. The molecule has 0 aliphatic heterocycles. The molecule has 1 amide bonds. The van der Waals surface area contributed by atoms with Crippen LogP contribution in [0.1, 0.15) is 16.7 Å². The van der Waals surface area contributed by atoms with E-state index in [0.717, 1.165) is 11.1 Å². The van der Waals surface area contributed by atoms with Gasteiger partial charge in [-0.25, -0.2) is 4.39 Å². The molecule has 1 N–H and O–H groups in total. The fourth-order valence-corrected chi connectivity index (χ4v) is 3.34. The second kappa shape index (κ2) is 10.6. The molecular weight excluding hydrogens is 438 g/mol. The van der Waals surface area contributed by atoms with Gasteiger partial charge in [-0.05, 0) is 47.0 Å². The van der Waals surface area contributed by atoms with Gasteiger partial charge in [0, 0.05) is 6.54 Å². The summed E-state index contributed by atoms with van der Waals surface area (Å²) in [7, 11) is 0. The number of ether oxygens (including phenoxy) is 1. The molecule has 31 heavy (non-hydrogen) atoms. The monoisotopic (exact) mass is 454 g/mol. The fraction of sp³-hybridized carbons (Fsp3) is 0.0833. The third kappa shape index (κ3) is 6.32. The highest BCUT2D eigenvalue weighted by molar-refractivity contribution is 6.37. The van der Waals surface area contributed by atoms with Crippen LogP contribution in [0.2, 0.25) is 10.0 Å². The van der Waals surface area contributed by atoms with E-state index >= 15 is 0 Å². The first-order valence-electron chi connectivity index (χ1n) is 9.26. The Bertz CT molecular complexity index is 1120. The van der Waals surface area contributed by atoms with Crippen molar-refractivity contribution in [3.63, 3.8) is 0 Å². The number of hydrogen-bond donors (Lipinski definition) is 1. The van der Waals surface area contributed by atoms with Crippen LogP contribution in [0.25, 0.3) is 6.08 Å². The Kier molecular flexibility index (Phi) is 7.66. The SMILES string of the molecule is N#C/C(=C/c1cc(Cl)c(OCc2ccc(F)cc2)c(Cl)c1)C(=O)NCc1ccccc1. The van der Waals surface area contributed by atoms with Crippen LogP contribution in [-0.4, -0.2) is 5.91 Å². The van der Waals surface area contributed by atoms with Crippen molar-refractivity contribution in [3.05, 3.63) is 105 Å². The predicted octanol–water partition coefficient (Wildman–Crippen LogP) is 5.93. The standard InChI is InChI=1S/C24H17Cl2FN2O2/c25-21-11-18(10-19(13-28)24(30)29-14-16-4-2-1-3-5-16)12-22(26)23(21)31-15-17-6-8-20(27)9-7-17/h1-12H,14-15H2,(H,29,30)/b19-10-. The van der Waals surface area contributed by atoms with Gasteiger partial charge in [0.1, 0.15) is 24.1 Å². The molecule has 0 unspecified atom stereocenters. The van der Waals surface area contributed by atoms with Gasteiger partial charge in [0.05, 0.1) is 10.0 Å². The fourth-order valence-electron chi connectivity index (χ4n) is 2.73. The van der Waals surface area contributed by atoms with E-state index in [1.165, 1.54) is 18.2 Å². The van der Waals surface area contributed by atoms with Gasteiger partial charge in [0.25, 0.3) is 5.91 Å². The average Bonchev–Trinajstić information content (AvgIpc) is 2.77. The number of hydrogen-bond acceptors (Lipinski definition) is 3. The van der Waals surface area contributed by atoms with Crippen LogP contribution in [0, 0.1) is 17.1 Å². The van der Waals surface area contributed by atoms with Crippen LogP contribution in [0.5, 0.6) is 5.75 Å². The number of halogens is 3. The van der Waals surface area contributed by atoms with Crippen LogP contribution < -0.4 is 10.1 Å². The van der Waals surface area contributed by atoms with Crippen molar-refractivity contribution < 1.29 is 13.9 Å². The van der Waals surface area contributed by atoms with Crippen LogP contribution in [0.15, 0.2) is 72.3 Å². The highest BCUT2D eigenvalue weighted by Crippen LogP contribution is 2.35. The van der Waals surface area contributed by atoms with Crippen molar-refractivity contribution in [2.45, 2.75) is 13.2 Å². The Hall–Kier alpha value is -3.33. The number of carbonyl (C=O) groups is 1. The van der Waals surface area contributed by atoms with Crippen molar-refractivity contribution in [1.82, 2.24) is 5.32 Å². The minimum atomic E-state index is -0.504. The van der Waals surface area contributed by atoms with E-state index in [1.54, 1.807) is 24.3 Å². The van der Waals surface area contributed by atoms with E-state index in [0.29, 0.717) is 12.1 Å². The van der Waals surface area contributed by atoms with Crippen molar-refractivity contribution >= 4 is 35.2 Å². The van der Waals surface area contributed by atoms with E-state index in [-0.39, 0.29) is 33.8 Å². The second-order valence-electron chi connectivity index (χ2n) is 6.57. The van der Waals surface area contributed by atoms with Crippen LogP contribution in [0.4, 0.5) is 4.39 Å². The van der Waals surface area contributed by atoms with E-state index < -0.39 is 5.91 Å². The summed E-state index contributed by atoms with van der Waals surface area (Å²) < 4.78 is 18.7. The van der Waals surface area contributed by atoms with Crippen LogP contribution in [-0.2, 0) is 17.9 Å². The number of nitriles is 1. The largest absolute Gasteiger partial charge is 0.486 e. The molecule has 0 bridgehead atoms. The first kappa shape index (κ1) is 22.4. The molecule has 156 valence electrons. The smallest absolute Gasteiger partial charge is 0.262 e. The molecule has 0 atom stereocenters. The molecule has 0 saturated carbocycles. The molecule has 0 spiro atoms. The molecule has 0 fully saturated rings. The number of carbonyl (C=O) groups excluding carboxylic acids is 1. The molecule has 4 nitrogen and oxygen atoms in total. The molecule has 3 aromatic carbocycles. The molecule has 0 aliphatic rings. The maximum Gasteiger partial charge on any atom is 0.262 e. The quantitative estimate of drug-likeness (QED) is 0.355. The average molecular weight is 455 g/mol. The van der Waals surface area contributed by atoms with Gasteiger partial charge in [-0.3, -0.25) is 4.79 Å². The van der Waals surface area contributed by atoms with Gasteiger partial charge in [0.15, 0.2) is 5.75 Å². The highest BCUT2D eigenvalue weighted by Gasteiger charge is 2.13. The summed E-state index contributed by atoms with van der Waals surface area (Å²) in [6.07, 6.45) is 1.40. The van der Waals surface area contributed by atoms with Crippen molar-refractivity contribution in [2.24, 2.45) is 0 Å². The Labute approximate surface area is 189 Å².